The van der Waals surface area contributed by atoms with Crippen LogP contribution in [0, 0.1) is 31.1 Å². The average Bonchev–Trinajstić information content (AvgIpc) is 2.99. The molecule has 4 bridgehead atoms. The average molecular weight is 486 g/mol. The number of anilines is 1. The number of halogens is 1. The fraction of sp³-hybridized carbons (Fsp3) is 0.542. The van der Waals surface area contributed by atoms with E-state index in [0.29, 0.717) is 17.5 Å². The van der Waals surface area contributed by atoms with E-state index in [1.165, 1.54) is 6.42 Å². The number of hydrogen-bond donors (Lipinski definition) is 1. The van der Waals surface area contributed by atoms with E-state index in [4.69, 9.17) is 4.74 Å². The molecule has 31 heavy (non-hydrogen) atoms. The number of carbonyl (C=O) groups is 2. The zero-order valence-electron chi connectivity index (χ0n) is 18.0. The molecule has 1 heterocycles. The van der Waals surface area contributed by atoms with Gasteiger partial charge >= 0.3 is 5.97 Å². The standard InChI is InChI=1S/C24H28BrN3O3/c1-15-21(16(2)28(27-15)19-6-4-3-5-7-19)26-20(29)13-31-22(30)23-9-17-8-18(10-23)12-24(25,11-17)14-23/h3-7,17-18H,8-14H2,1-2H3,(H,26,29). The minimum absolute atomic E-state index is 0.0820. The molecule has 0 spiro atoms. The van der Waals surface area contributed by atoms with Gasteiger partial charge in [0.1, 0.15) is 0 Å². The first-order valence-corrected chi connectivity index (χ1v) is 11.8. The summed E-state index contributed by atoms with van der Waals surface area (Å²) in [6, 6.07) is 9.79. The number of benzene rings is 1. The molecule has 4 aliphatic carbocycles. The summed E-state index contributed by atoms with van der Waals surface area (Å²) in [4.78, 5) is 25.7. The van der Waals surface area contributed by atoms with Crippen LogP contribution in [0.15, 0.2) is 30.3 Å². The number of hydrogen-bond acceptors (Lipinski definition) is 4. The zero-order valence-corrected chi connectivity index (χ0v) is 19.6. The van der Waals surface area contributed by atoms with Crippen LogP contribution >= 0.6 is 15.9 Å². The van der Waals surface area contributed by atoms with Crippen LogP contribution < -0.4 is 5.32 Å². The second-order valence-corrected chi connectivity index (χ2v) is 11.5. The Morgan fingerprint density at radius 1 is 1.16 bits per heavy atom. The van der Waals surface area contributed by atoms with Crippen LogP contribution in [0.2, 0.25) is 0 Å². The van der Waals surface area contributed by atoms with Crippen molar-refractivity contribution in [2.24, 2.45) is 17.3 Å². The Kier molecular flexibility index (Phi) is 5.00. The highest BCUT2D eigenvalue weighted by atomic mass is 79.9. The molecule has 2 atom stereocenters. The van der Waals surface area contributed by atoms with Gasteiger partial charge in [-0.1, -0.05) is 34.1 Å². The molecular weight excluding hydrogens is 458 g/mol. The molecular formula is C24H28BrN3O3. The zero-order chi connectivity index (χ0) is 21.8. The van der Waals surface area contributed by atoms with Gasteiger partial charge in [0.25, 0.3) is 5.91 Å². The topological polar surface area (TPSA) is 73.2 Å². The summed E-state index contributed by atoms with van der Waals surface area (Å²) in [5, 5.41) is 7.45. The highest BCUT2D eigenvalue weighted by molar-refractivity contribution is 9.10. The molecule has 6 rings (SSSR count). The van der Waals surface area contributed by atoms with Crippen molar-refractivity contribution in [1.29, 1.82) is 0 Å². The molecule has 0 radical (unpaired) electrons. The molecule has 4 fully saturated rings. The molecule has 2 unspecified atom stereocenters. The highest BCUT2D eigenvalue weighted by Gasteiger charge is 2.60. The predicted molar refractivity (Wildman–Crippen MR) is 121 cm³/mol. The Labute approximate surface area is 190 Å². The number of para-hydroxylation sites is 1. The number of alkyl halides is 1. The van der Waals surface area contributed by atoms with Crippen LogP contribution in [0.4, 0.5) is 5.69 Å². The van der Waals surface area contributed by atoms with Crippen LogP contribution in [0.3, 0.4) is 0 Å². The number of amides is 1. The lowest BCUT2D eigenvalue weighted by molar-refractivity contribution is -0.170. The fourth-order valence-electron chi connectivity index (χ4n) is 6.49. The molecule has 4 aliphatic rings. The van der Waals surface area contributed by atoms with Crippen molar-refractivity contribution in [3.8, 4) is 5.69 Å². The van der Waals surface area contributed by atoms with Gasteiger partial charge in [0.2, 0.25) is 0 Å². The number of nitrogens with zero attached hydrogens (tertiary/aromatic N) is 2. The number of aromatic nitrogens is 2. The van der Waals surface area contributed by atoms with Crippen molar-refractivity contribution < 1.29 is 14.3 Å². The second kappa shape index (κ2) is 7.47. The Morgan fingerprint density at radius 2 is 1.84 bits per heavy atom. The summed E-state index contributed by atoms with van der Waals surface area (Å²) in [6.07, 6.45) is 6.17. The monoisotopic (exact) mass is 485 g/mol. The fourth-order valence-corrected chi connectivity index (χ4v) is 7.95. The lowest BCUT2D eigenvalue weighted by Crippen LogP contribution is -2.56. The van der Waals surface area contributed by atoms with Gasteiger partial charge in [0.15, 0.2) is 6.61 Å². The number of esters is 1. The van der Waals surface area contributed by atoms with E-state index in [0.717, 1.165) is 49.2 Å². The van der Waals surface area contributed by atoms with Gasteiger partial charge < -0.3 is 10.1 Å². The SMILES string of the molecule is Cc1nn(-c2ccccc2)c(C)c1NC(=O)COC(=O)C12CC3CC(CC(Br)(C3)C1)C2. The first-order chi connectivity index (χ1) is 14.8. The molecule has 2 aromatic rings. The van der Waals surface area contributed by atoms with E-state index < -0.39 is 5.41 Å². The maximum absolute atomic E-state index is 13.1. The minimum Gasteiger partial charge on any atom is -0.455 e. The van der Waals surface area contributed by atoms with Crippen molar-refractivity contribution in [1.82, 2.24) is 9.78 Å². The first kappa shape index (κ1) is 20.7. The maximum atomic E-state index is 13.1. The van der Waals surface area contributed by atoms with Crippen molar-refractivity contribution in [2.45, 2.75) is 56.7 Å². The Hall–Kier alpha value is -2.15. The Balaban J connectivity index is 1.24. The summed E-state index contributed by atoms with van der Waals surface area (Å²) >= 11 is 3.93. The number of rotatable bonds is 5. The maximum Gasteiger partial charge on any atom is 0.312 e. The number of ether oxygens (including phenoxy) is 1. The molecule has 4 saturated carbocycles. The smallest absolute Gasteiger partial charge is 0.312 e. The summed E-state index contributed by atoms with van der Waals surface area (Å²) < 4.78 is 7.47. The molecule has 0 aliphatic heterocycles. The van der Waals surface area contributed by atoms with Crippen molar-refractivity contribution in [3.05, 3.63) is 41.7 Å². The molecule has 164 valence electrons. The van der Waals surface area contributed by atoms with Gasteiger partial charge in [-0.25, -0.2) is 4.68 Å². The van der Waals surface area contributed by atoms with E-state index >= 15 is 0 Å². The third-order valence-electron chi connectivity index (χ3n) is 7.31. The van der Waals surface area contributed by atoms with Crippen LogP contribution in [0.25, 0.3) is 5.69 Å². The largest absolute Gasteiger partial charge is 0.455 e. The molecule has 1 N–H and O–H groups in total. The van der Waals surface area contributed by atoms with Crippen LogP contribution in [-0.2, 0) is 14.3 Å². The first-order valence-electron chi connectivity index (χ1n) is 11.0. The predicted octanol–water partition coefficient (Wildman–Crippen LogP) is 4.70. The Morgan fingerprint density at radius 3 is 2.48 bits per heavy atom. The number of nitrogens with one attached hydrogen (secondary N) is 1. The van der Waals surface area contributed by atoms with E-state index in [1.807, 2.05) is 48.9 Å². The van der Waals surface area contributed by atoms with Gasteiger partial charge in [-0.15, -0.1) is 0 Å². The molecule has 0 saturated heterocycles. The van der Waals surface area contributed by atoms with Gasteiger partial charge in [-0.05, 0) is 76.3 Å². The van der Waals surface area contributed by atoms with E-state index in [-0.39, 0.29) is 22.8 Å². The highest BCUT2D eigenvalue weighted by Crippen LogP contribution is 2.64. The Bertz CT molecular complexity index is 1020. The lowest BCUT2D eigenvalue weighted by atomic mass is 9.49. The summed E-state index contributed by atoms with van der Waals surface area (Å²) in [6.45, 7) is 3.51. The number of carbonyl (C=O) groups excluding carboxylic acids is 2. The molecule has 1 aromatic heterocycles. The van der Waals surface area contributed by atoms with Crippen LogP contribution in [0.5, 0.6) is 0 Å². The van der Waals surface area contributed by atoms with E-state index in [9.17, 15) is 9.59 Å². The second-order valence-electron chi connectivity index (χ2n) is 9.81. The summed E-state index contributed by atoms with van der Waals surface area (Å²) in [5.41, 5.74) is 2.74. The van der Waals surface area contributed by atoms with Crippen LogP contribution in [-0.4, -0.2) is 32.6 Å². The van der Waals surface area contributed by atoms with Crippen molar-refractivity contribution >= 4 is 33.5 Å². The molecule has 6 nitrogen and oxygen atoms in total. The molecule has 7 heteroatoms. The van der Waals surface area contributed by atoms with Gasteiger partial charge in [-0.3, -0.25) is 9.59 Å². The van der Waals surface area contributed by atoms with Crippen molar-refractivity contribution in [3.63, 3.8) is 0 Å². The quantitative estimate of drug-likeness (QED) is 0.491. The van der Waals surface area contributed by atoms with E-state index in [1.54, 1.807) is 0 Å². The normalized spacial score (nSPS) is 30.9. The van der Waals surface area contributed by atoms with Crippen molar-refractivity contribution in [2.75, 3.05) is 11.9 Å². The van der Waals surface area contributed by atoms with E-state index in [2.05, 4.69) is 26.3 Å². The minimum atomic E-state index is -0.419. The molecule has 1 amide bonds. The third-order valence-corrected chi connectivity index (χ3v) is 8.24. The summed E-state index contributed by atoms with van der Waals surface area (Å²) in [5.74, 6) is 0.659. The van der Waals surface area contributed by atoms with Gasteiger partial charge in [0.05, 0.1) is 28.2 Å². The van der Waals surface area contributed by atoms with Gasteiger partial charge in [0, 0.05) is 4.32 Å². The molecule has 1 aromatic carbocycles. The lowest BCUT2D eigenvalue weighted by Gasteiger charge is -2.58. The third kappa shape index (κ3) is 3.71. The van der Waals surface area contributed by atoms with Gasteiger partial charge in [-0.2, -0.15) is 5.10 Å². The number of aryl methyl sites for hydroxylation is 1. The summed E-state index contributed by atoms with van der Waals surface area (Å²) in [7, 11) is 0. The van der Waals surface area contributed by atoms with Crippen LogP contribution in [0.1, 0.15) is 49.9 Å².